The van der Waals surface area contributed by atoms with Gasteiger partial charge in [-0.25, -0.2) is 4.68 Å². The average molecular weight is 418 g/mol. The number of carbonyl (C=O) groups excluding carboxylic acids is 1. The molecule has 1 amide bonds. The maximum Gasteiger partial charge on any atom is 0.276 e. The number of hydrogen-bond acceptors (Lipinski definition) is 7. The van der Waals surface area contributed by atoms with Crippen LogP contribution in [0.1, 0.15) is 30.8 Å². The minimum absolute atomic E-state index is 0.0952. The number of amides is 1. The van der Waals surface area contributed by atoms with Gasteiger partial charge in [0.05, 0.1) is 19.9 Å². The molecule has 0 saturated carbocycles. The van der Waals surface area contributed by atoms with Crippen LogP contribution in [0, 0.1) is 0 Å². The molecule has 9 nitrogen and oxygen atoms in total. The van der Waals surface area contributed by atoms with Crippen LogP contribution in [0.5, 0.6) is 5.75 Å². The van der Waals surface area contributed by atoms with E-state index in [9.17, 15) is 4.79 Å². The first-order valence-corrected chi connectivity index (χ1v) is 10.5. The van der Waals surface area contributed by atoms with Crippen LogP contribution in [0.15, 0.2) is 30.5 Å². The van der Waals surface area contributed by atoms with E-state index in [-0.39, 0.29) is 5.91 Å². The number of rotatable bonds is 9. The van der Waals surface area contributed by atoms with E-state index in [4.69, 9.17) is 14.2 Å². The zero-order valence-corrected chi connectivity index (χ0v) is 18.0. The first-order chi connectivity index (χ1) is 14.6. The van der Waals surface area contributed by atoms with Crippen molar-refractivity contribution in [2.24, 2.45) is 0 Å². The van der Waals surface area contributed by atoms with Gasteiger partial charge in [-0.05, 0) is 44.5 Å². The molecule has 1 aliphatic rings. The van der Waals surface area contributed by atoms with Gasteiger partial charge in [-0.15, -0.1) is 5.10 Å². The highest BCUT2D eigenvalue weighted by Gasteiger charge is 2.23. The Morgan fingerprint density at radius 2 is 1.80 bits per heavy atom. The molecular weight excluding hydrogens is 386 g/mol. The van der Waals surface area contributed by atoms with Gasteiger partial charge in [0.25, 0.3) is 5.91 Å². The van der Waals surface area contributed by atoms with Gasteiger partial charge in [0.15, 0.2) is 12.0 Å². The third kappa shape index (κ3) is 5.70. The molecule has 2 heterocycles. The van der Waals surface area contributed by atoms with Crippen molar-refractivity contribution < 1.29 is 19.0 Å². The van der Waals surface area contributed by atoms with Gasteiger partial charge in [0.2, 0.25) is 0 Å². The molecule has 1 aromatic heterocycles. The predicted octanol–water partition coefficient (Wildman–Crippen LogP) is 2.04. The highest BCUT2D eigenvalue weighted by atomic mass is 16.7. The number of methoxy groups -OCH3 is 1. The number of hydrogen-bond donors (Lipinski definition) is 0. The number of anilines is 1. The second-order valence-electron chi connectivity index (χ2n) is 7.00. The van der Waals surface area contributed by atoms with Crippen molar-refractivity contribution in [3.8, 4) is 5.75 Å². The third-order valence-electron chi connectivity index (χ3n) is 5.02. The van der Waals surface area contributed by atoms with Crippen LogP contribution in [0.2, 0.25) is 0 Å². The maximum absolute atomic E-state index is 12.9. The van der Waals surface area contributed by atoms with Crippen molar-refractivity contribution in [1.29, 1.82) is 0 Å². The first kappa shape index (κ1) is 22.0. The summed E-state index contributed by atoms with van der Waals surface area (Å²) in [4.78, 5) is 17.1. The number of ether oxygens (including phenoxy) is 3. The average Bonchev–Trinajstić information content (AvgIpc) is 3.09. The molecule has 164 valence electrons. The lowest BCUT2D eigenvalue weighted by molar-refractivity contribution is -0.145. The fourth-order valence-corrected chi connectivity index (χ4v) is 3.50. The zero-order chi connectivity index (χ0) is 21.3. The molecule has 3 rings (SSSR count). The first-order valence-electron chi connectivity index (χ1n) is 10.5. The smallest absolute Gasteiger partial charge is 0.276 e. The normalized spacial score (nSPS) is 14.8. The molecule has 1 aliphatic heterocycles. The van der Waals surface area contributed by atoms with Crippen LogP contribution in [-0.4, -0.2) is 78.6 Å². The van der Waals surface area contributed by atoms with Crippen LogP contribution >= 0.6 is 0 Å². The molecule has 0 bridgehead atoms. The third-order valence-corrected chi connectivity index (χ3v) is 5.02. The Kier molecular flexibility index (Phi) is 8.04. The van der Waals surface area contributed by atoms with Gasteiger partial charge in [0.1, 0.15) is 5.75 Å². The highest BCUT2D eigenvalue weighted by molar-refractivity contribution is 5.92. The highest BCUT2D eigenvalue weighted by Crippen LogP contribution is 2.21. The van der Waals surface area contributed by atoms with Crippen molar-refractivity contribution >= 4 is 11.6 Å². The molecular formula is C21H31N5O4. The fraction of sp³-hybridized carbons (Fsp3) is 0.571. The van der Waals surface area contributed by atoms with Crippen molar-refractivity contribution in [3.05, 3.63) is 36.2 Å². The molecule has 2 aromatic rings. The molecule has 0 atom stereocenters. The number of nitrogens with zero attached hydrogens (tertiary/aromatic N) is 5. The van der Waals surface area contributed by atoms with E-state index >= 15 is 0 Å². The summed E-state index contributed by atoms with van der Waals surface area (Å²) in [7, 11) is 1.66. The molecule has 0 unspecified atom stereocenters. The quantitative estimate of drug-likeness (QED) is 0.578. The lowest BCUT2D eigenvalue weighted by Gasteiger charge is -2.23. The second-order valence-corrected chi connectivity index (χ2v) is 7.00. The van der Waals surface area contributed by atoms with Crippen LogP contribution < -0.4 is 9.64 Å². The largest absolute Gasteiger partial charge is 0.497 e. The summed E-state index contributed by atoms with van der Waals surface area (Å²) in [5.41, 5.74) is 1.48. The summed E-state index contributed by atoms with van der Waals surface area (Å²) in [5, 5.41) is 8.15. The minimum atomic E-state index is -0.402. The van der Waals surface area contributed by atoms with Crippen LogP contribution in [-0.2, 0) is 16.0 Å². The van der Waals surface area contributed by atoms with Crippen molar-refractivity contribution in [1.82, 2.24) is 19.9 Å². The van der Waals surface area contributed by atoms with E-state index in [0.29, 0.717) is 38.5 Å². The Balaban J connectivity index is 1.58. The minimum Gasteiger partial charge on any atom is -0.497 e. The molecule has 0 N–H and O–H groups in total. The topological polar surface area (TPSA) is 82.0 Å². The van der Waals surface area contributed by atoms with Gasteiger partial charge in [-0.2, -0.15) is 0 Å². The van der Waals surface area contributed by atoms with Crippen LogP contribution in [0.4, 0.5) is 5.69 Å². The van der Waals surface area contributed by atoms with Gasteiger partial charge in [-0.3, -0.25) is 4.79 Å². The number of benzene rings is 1. The Morgan fingerprint density at radius 3 is 2.47 bits per heavy atom. The predicted molar refractivity (Wildman–Crippen MR) is 113 cm³/mol. The standard InChI is InChI=1S/C21H31N5O4/c1-4-29-20(30-5-2)16-26-15-19(22-23-26)21(27)25-12-6-11-24(13-14-25)17-7-9-18(28-3)10-8-17/h7-10,15,20H,4-6,11-14,16H2,1-3H3. The van der Waals surface area contributed by atoms with Gasteiger partial charge in [0, 0.05) is 45.1 Å². The van der Waals surface area contributed by atoms with Gasteiger partial charge < -0.3 is 24.0 Å². The number of carbonyl (C=O) groups is 1. The summed E-state index contributed by atoms with van der Waals surface area (Å²) in [5.74, 6) is 0.742. The Morgan fingerprint density at radius 1 is 1.07 bits per heavy atom. The SMILES string of the molecule is CCOC(Cn1cc(C(=O)N2CCCN(c3ccc(OC)cc3)CC2)nn1)OCC. The van der Waals surface area contributed by atoms with Crippen molar-refractivity contribution in [3.63, 3.8) is 0 Å². The zero-order valence-electron chi connectivity index (χ0n) is 18.0. The molecule has 0 spiro atoms. The molecule has 9 heteroatoms. The lowest BCUT2D eigenvalue weighted by Crippen LogP contribution is -2.35. The fourth-order valence-electron chi connectivity index (χ4n) is 3.50. The van der Waals surface area contributed by atoms with E-state index in [0.717, 1.165) is 30.9 Å². The van der Waals surface area contributed by atoms with E-state index < -0.39 is 6.29 Å². The van der Waals surface area contributed by atoms with Crippen molar-refractivity contribution in [2.45, 2.75) is 33.1 Å². The molecule has 0 aliphatic carbocycles. The van der Waals surface area contributed by atoms with E-state index in [2.05, 4.69) is 27.3 Å². The Labute approximate surface area is 177 Å². The molecule has 1 aromatic carbocycles. The lowest BCUT2D eigenvalue weighted by atomic mass is 10.2. The summed E-state index contributed by atoms with van der Waals surface area (Å²) in [6.45, 7) is 8.31. The summed E-state index contributed by atoms with van der Waals surface area (Å²) in [6.07, 6.45) is 2.16. The van der Waals surface area contributed by atoms with Crippen LogP contribution in [0.3, 0.4) is 0 Å². The van der Waals surface area contributed by atoms with E-state index in [1.165, 1.54) is 0 Å². The van der Waals surface area contributed by atoms with E-state index in [1.54, 1.807) is 18.0 Å². The van der Waals surface area contributed by atoms with Crippen molar-refractivity contribution in [2.75, 3.05) is 51.4 Å². The van der Waals surface area contributed by atoms with Gasteiger partial charge in [-0.1, -0.05) is 5.21 Å². The number of aromatic nitrogens is 3. The monoisotopic (exact) mass is 417 g/mol. The Bertz CT molecular complexity index is 789. The molecule has 1 saturated heterocycles. The molecule has 0 radical (unpaired) electrons. The van der Waals surface area contributed by atoms with Gasteiger partial charge >= 0.3 is 0 Å². The van der Waals surface area contributed by atoms with Crippen LogP contribution in [0.25, 0.3) is 0 Å². The summed E-state index contributed by atoms with van der Waals surface area (Å²) in [6, 6.07) is 8.02. The summed E-state index contributed by atoms with van der Waals surface area (Å²) >= 11 is 0. The second kappa shape index (κ2) is 10.9. The van der Waals surface area contributed by atoms with E-state index in [1.807, 2.05) is 30.9 Å². The molecule has 1 fully saturated rings. The maximum atomic E-state index is 12.9. The Hall–Kier alpha value is -2.65. The molecule has 30 heavy (non-hydrogen) atoms. The summed E-state index contributed by atoms with van der Waals surface area (Å²) < 4.78 is 17.9.